The number of amides is 1. The van der Waals surface area contributed by atoms with Crippen LogP contribution in [0.1, 0.15) is 37.9 Å². The van der Waals surface area contributed by atoms with Crippen molar-refractivity contribution in [3.8, 4) is 5.75 Å². The lowest BCUT2D eigenvalue weighted by Gasteiger charge is -2.29. The standard InChI is InChI=1S/C26H26IN3O3S/c1-5-29(6-2)25(32)22-16(3)28-26-30(23(22)19-12-7-8-13-20(19)33-4)24(31)21(34-26)15-17-10-9-11-18(27)14-17/h7-15,23H,5-6H2,1-4H3/b21-15+/t23-/m0/s1. The molecule has 1 aromatic heterocycles. The SMILES string of the molecule is CCN(CC)C(=O)C1=C(C)N=c2s/c(=C/c3cccc(I)c3)c(=O)n2[C@H]1c1ccccc1OC. The second kappa shape index (κ2) is 10.3. The van der Waals surface area contributed by atoms with E-state index in [4.69, 9.17) is 9.73 Å². The minimum atomic E-state index is -0.626. The first-order chi connectivity index (χ1) is 16.4. The van der Waals surface area contributed by atoms with Crippen molar-refractivity contribution in [2.24, 2.45) is 4.99 Å². The second-order valence-electron chi connectivity index (χ2n) is 7.86. The van der Waals surface area contributed by atoms with Crippen molar-refractivity contribution in [2.45, 2.75) is 26.8 Å². The van der Waals surface area contributed by atoms with Crippen molar-refractivity contribution in [1.82, 2.24) is 9.47 Å². The molecule has 176 valence electrons. The van der Waals surface area contributed by atoms with E-state index in [2.05, 4.69) is 22.6 Å². The van der Waals surface area contributed by atoms with Gasteiger partial charge >= 0.3 is 0 Å². The van der Waals surface area contributed by atoms with Gasteiger partial charge < -0.3 is 9.64 Å². The maximum Gasteiger partial charge on any atom is 0.271 e. The van der Waals surface area contributed by atoms with Crippen LogP contribution in [-0.4, -0.2) is 35.6 Å². The molecule has 8 heteroatoms. The Bertz CT molecular complexity index is 1450. The summed E-state index contributed by atoms with van der Waals surface area (Å²) in [7, 11) is 1.60. The number of nitrogens with zero attached hydrogens (tertiary/aromatic N) is 3. The smallest absolute Gasteiger partial charge is 0.271 e. The molecule has 1 amide bonds. The molecule has 1 aliphatic heterocycles. The van der Waals surface area contributed by atoms with E-state index in [-0.39, 0.29) is 11.5 Å². The summed E-state index contributed by atoms with van der Waals surface area (Å²) < 4.78 is 8.96. The van der Waals surface area contributed by atoms with Crippen molar-refractivity contribution in [2.75, 3.05) is 20.2 Å². The van der Waals surface area contributed by atoms with Crippen molar-refractivity contribution >= 4 is 45.9 Å². The molecule has 3 aromatic rings. The predicted molar refractivity (Wildman–Crippen MR) is 144 cm³/mol. The molecule has 0 radical (unpaired) electrons. The zero-order valence-electron chi connectivity index (χ0n) is 19.5. The third-order valence-corrected chi connectivity index (χ3v) is 7.54. The van der Waals surface area contributed by atoms with E-state index in [1.807, 2.05) is 75.4 Å². The average molecular weight is 587 g/mol. The highest BCUT2D eigenvalue weighted by molar-refractivity contribution is 14.1. The number of methoxy groups -OCH3 is 1. The van der Waals surface area contributed by atoms with Gasteiger partial charge in [0.05, 0.1) is 22.9 Å². The monoisotopic (exact) mass is 587 g/mol. The Hall–Kier alpha value is -2.72. The van der Waals surface area contributed by atoms with Crippen LogP contribution in [0.2, 0.25) is 0 Å². The molecule has 2 heterocycles. The van der Waals surface area contributed by atoms with Gasteiger partial charge in [-0.25, -0.2) is 4.99 Å². The van der Waals surface area contributed by atoms with Crippen LogP contribution in [0.15, 0.2) is 69.6 Å². The van der Waals surface area contributed by atoms with Crippen LogP contribution < -0.4 is 19.6 Å². The maximum absolute atomic E-state index is 13.8. The summed E-state index contributed by atoms with van der Waals surface area (Å²) in [5.41, 5.74) is 2.66. The van der Waals surface area contributed by atoms with Crippen molar-refractivity contribution < 1.29 is 9.53 Å². The molecule has 0 spiro atoms. The highest BCUT2D eigenvalue weighted by Crippen LogP contribution is 2.35. The Morgan fingerprint density at radius 2 is 1.94 bits per heavy atom. The summed E-state index contributed by atoms with van der Waals surface area (Å²) in [4.78, 5) is 34.5. The molecule has 6 nitrogen and oxygen atoms in total. The number of halogens is 1. The number of hydrogen-bond acceptors (Lipinski definition) is 5. The van der Waals surface area contributed by atoms with Gasteiger partial charge in [-0.3, -0.25) is 14.2 Å². The summed E-state index contributed by atoms with van der Waals surface area (Å²) in [5.74, 6) is 0.508. The molecule has 0 aliphatic carbocycles. The molecule has 34 heavy (non-hydrogen) atoms. The van der Waals surface area contributed by atoms with Crippen LogP contribution in [0.25, 0.3) is 6.08 Å². The van der Waals surface area contributed by atoms with Crippen LogP contribution in [0, 0.1) is 3.57 Å². The fraction of sp³-hybridized carbons (Fsp3) is 0.269. The third kappa shape index (κ3) is 4.48. The quantitative estimate of drug-likeness (QED) is 0.414. The average Bonchev–Trinajstić information content (AvgIpc) is 3.13. The number of likely N-dealkylation sites (N-methyl/N-ethyl adjacent to an activating group) is 1. The Morgan fingerprint density at radius 1 is 1.21 bits per heavy atom. The van der Waals surface area contributed by atoms with Gasteiger partial charge in [-0.2, -0.15) is 0 Å². The Balaban J connectivity index is 2.00. The highest BCUT2D eigenvalue weighted by Gasteiger charge is 2.35. The van der Waals surface area contributed by atoms with Crippen molar-refractivity contribution in [3.05, 3.63) is 94.2 Å². The fourth-order valence-corrected chi connectivity index (χ4v) is 5.82. The summed E-state index contributed by atoms with van der Waals surface area (Å²) in [5, 5.41) is 0. The summed E-state index contributed by atoms with van der Waals surface area (Å²) >= 11 is 3.59. The van der Waals surface area contributed by atoms with Gasteiger partial charge in [-0.05, 0) is 73.2 Å². The molecule has 1 atom stereocenters. The number of benzene rings is 2. The molecule has 0 unspecified atom stereocenters. The molecule has 1 aliphatic rings. The first-order valence-electron chi connectivity index (χ1n) is 11.1. The van der Waals surface area contributed by atoms with E-state index >= 15 is 0 Å². The van der Waals surface area contributed by atoms with Gasteiger partial charge in [-0.15, -0.1) is 0 Å². The number of rotatable bonds is 6. The third-order valence-electron chi connectivity index (χ3n) is 5.88. The van der Waals surface area contributed by atoms with Gasteiger partial charge in [0.25, 0.3) is 11.5 Å². The van der Waals surface area contributed by atoms with Gasteiger partial charge in [0.15, 0.2) is 4.80 Å². The van der Waals surface area contributed by atoms with Crippen LogP contribution >= 0.6 is 33.9 Å². The van der Waals surface area contributed by atoms with Crippen molar-refractivity contribution in [3.63, 3.8) is 0 Å². The minimum absolute atomic E-state index is 0.117. The van der Waals surface area contributed by atoms with E-state index in [1.165, 1.54) is 11.3 Å². The lowest BCUT2D eigenvalue weighted by molar-refractivity contribution is -0.127. The number of para-hydroxylation sites is 1. The number of thiazole rings is 1. The molecule has 0 N–H and O–H groups in total. The Kier molecular flexibility index (Phi) is 7.37. The number of allylic oxidation sites excluding steroid dienone is 1. The number of ether oxygens (including phenoxy) is 1. The lowest BCUT2D eigenvalue weighted by Crippen LogP contribution is -2.43. The Morgan fingerprint density at radius 3 is 2.62 bits per heavy atom. The zero-order valence-corrected chi connectivity index (χ0v) is 22.5. The normalized spacial score (nSPS) is 15.7. The fourth-order valence-electron chi connectivity index (χ4n) is 4.21. The molecule has 4 rings (SSSR count). The van der Waals surface area contributed by atoms with Crippen LogP contribution in [0.3, 0.4) is 0 Å². The lowest BCUT2D eigenvalue weighted by atomic mass is 9.94. The number of aromatic nitrogens is 1. The molecular formula is C26H26IN3O3S. The van der Waals surface area contributed by atoms with Gasteiger partial charge in [0.1, 0.15) is 11.8 Å². The predicted octanol–water partition coefficient (Wildman–Crippen LogP) is 3.72. The number of hydrogen-bond donors (Lipinski definition) is 0. The molecule has 0 bridgehead atoms. The minimum Gasteiger partial charge on any atom is -0.496 e. The summed E-state index contributed by atoms with van der Waals surface area (Å²) in [6.45, 7) is 6.89. The van der Waals surface area contributed by atoms with Crippen LogP contribution in [0.4, 0.5) is 0 Å². The maximum atomic E-state index is 13.8. The van der Waals surface area contributed by atoms with E-state index in [0.29, 0.717) is 39.4 Å². The van der Waals surface area contributed by atoms with Gasteiger partial charge in [0.2, 0.25) is 0 Å². The topological polar surface area (TPSA) is 63.9 Å². The van der Waals surface area contributed by atoms with Crippen LogP contribution in [0.5, 0.6) is 5.75 Å². The molecular weight excluding hydrogens is 561 g/mol. The van der Waals surface area contributed by atoms with Crippen molar-refractivity contribution in [1.29, 1.82) is 0 Å². The molecule has 0 fully saturated rings. The number of carbonyl (C=O) groups is 1. The molecule has 0 saturated heterocycles. The second-order valence-corrected chi connectivity index (χ2v) is 10.1. The highest BCUT2D eigenvalue weighted by atomic mass is 127. The summed E-state index contributed by atoms with van der Waals surface area (Å²) in [6.07, 6.45) is 1.89. The van der Waals surface area contributed by atoms with E-state index in [9.17, 15) is 9.59 Å². The largest absolute Gasteiger partial charge is 0.496 e. The molecule has 0 saturated carbocycles. The van der Waals surface area contributed by atoms with Gasteiger partial charge in [-0.1, -0.05) is 41.7 Å². The number of fused-ring (bicyclic) bond motifs is 1. The first kappa shape index (κ1) is 24.4. The van der Waals surface area contributed by atoms with Gasteiger partial charge in [0, 0.05) is 22.2 Å². The number of carbonyl (C=O) groups excluding carboxylic acids is 1. The zero-order chi connectivity index (χ0) is 24.4. The van der Waals surface area contributed by atoms with E-state index < -0.39 is 6.04 Å². The van der Waals surface area contributed by atoms with E-state index in [1.54, 1.807) is 16.6 Å². The molecule has 2 aromatic carbocycles. The van der Waals surface area contributed by atoms with Crippen LogP contribution in [-0.2, 0) is 4.79 Å². The van der Waals surface area contributed by atoms with E-state index in [0.717, 1.165) is 14.7 Å². The summed E-state index contributed by atoms with van der Waals surface area (Å²) in [6, 6.07) is 14.9. The Labute approximate surface area is 216 Å². The first-order valence-corrected chi connectivity index (χ1v) is 13.0.